The Balaban J connectivity index is 1.23. The Morgan fingerprint density at radius 3 is 2.17 bits per heavy atom. The van der Waals surface area contributed by atoms with E-state index in [1.165, 1.54) is 22.3 Å². The van der Waals surface area contributed by atoms with Gasteiger partial charge in [0.25, 0.3) is 0 Å². The monoisotopic (exact) mass is 471 g/mol. The molecular weight excluding hydrogens is 434 g/mol. The second-order valence-electron chi connectivity index (χ2n) is 10.5. The summed E-state index contributed by atoms with van der Waals surface area (Å²) in [7, 11) is 0. The first-order valence-electron chi connectivity index (χ1n) is 13.3. The summed E-state index contributed by atoms with van der Waals surface area (Å²) in [6.45, 7) is 1.38. The average Bonchev–Trinajstić information content (AvgIpc) is 3.32. The van der Waals surface area contributed by atoms with Crippen molar-refractivity contribution < 1.29 is 9.59 Å². The molecule has 3 N–H and O–H groups in total. The smallest absolute Gasteiger partial charge is 0.242 e. The maximum atomic E-state index is 13.4. The van der Waals surface area contributed by atoms with Gasteiger partial charge in [-0.25, -0.2) is 0 Å². The van der Waals surface area contributed by atoms with E-state index in [-0.39, 0.29) is 23.8 Å². The minimum Gasteiger partial charge on any atom is -0.354 e. The first kappa shape index (κ1) is 23.8. The predicted octanol–water partition coefficient (Wildman–Crippen LogP) is 4.71. The second-order valence-corrected chi connectivity index (χ2v) is 10.5. The molecule has 0 unspecified atom stereocenters. The van der Waals surface area contributed by atoms with Gasteiger partial charge in [0.15, 0.2) is 0 Å². The highest BCUT2D eigenvalue weighted by Gasteiger charge is 2.34. The molecule has 1 saturated carbocycles. The number of carbonyl (C=O) groups is 2. The quantitative estimate of drug-likeness (QED) is 0.641. The van der Waals surface area contributed by atoms with E-state index in [1.54, 1.807) is 0 Å². The van der Waals surface area contributed by atoms with Crippen molar-refractivity contribution in [2.75, 3.05) is 13.1 Å². The lowest BCUT2D eigenvalue weighted by molar-refractivity contribution is -0.138. The van der Waals surface area contributed by atoms with E-state index >= 15 is 0 Å². The Labute approximate surface area is 208 Å². The molecule has 35 heavy (non-hydrogen) atoms. The number of nitrogens with zero attached hydrogens (tertiary/aromatic N) is 1. The highest BCUT2D eigenvalue weighted by Crippen LogP contribution is 2.37. The van der Waals surface area contributed by atoms with Gasteiger partial charge in [0.1, 0.15) is 6.04 Å². The summed E-state index contributed by atoms with van der Waals surface area (Å²) in [5, 5.41) is 3.15. The molecule has 2 amide bonds. The van der Waals surface area contributed by atoms with Crippen molar-refractivity contribution in [1.29, 1.82) is 0 Å². The third kappa shape index (κ3) is 5.35. The van der Waals surface area contributed by atoms with E-state index in [0.29, 0.717) is 31.5 Å². The normalized spacial score (nSPS) is 23.9. The lowest BCUT2D eigenvalue weighted by Crippen LogP contribution is -2.47. The number of likely N-dealkylation sites (tertiary alicyclic amines) is 1. The molecule has 0 bridgehead atoms. The molecule has 3 aliphatic rings. The van der Waals surface area contributed by atoms with Crippen LogP contribution in [0.25, 0.3) is 12.2 Å². The third-order valence-corrected chi connectivity index (χ3v) is 8.16. The predicted molar refractivity (Wildman–Crippen MR) is 141 cm³/mol. The minimum absolute atomic E-state index is 0.0140. The highest BCUT2D eigenvalue weighted by molar-refractivity contribution is 5.88. The summed E-state index contributed by atoms with van der Waals surface area (Å²) < 4.78 is 0. The maximum absolute atomic E-state index is 13.4. The number of carbonyl (C=O) groups excluding carboxylic acids is 2. The van der Waals surface area contributed by atoms with Gasteiger partial charge in [-0.2, -0.15) is 0 Å². The summed E-state index contributed by atoms with van der Waals surface area (Å²) >= 11 is 0. The number of hydrogen-bond donors (Lipinski definition) is 2. The molecule has 1 atom stereocenters. The van der Waals surface area contributed by atoms with Crippen molar-refractivity contribution in [3.8, 4) is 0 Å². The average molecular weight is 472 g/mol. The van der Waals surface area contributed by atoms with Crippen LogP contribution >= 0.6 is 0 Å². The summed E-state index contributed by atoms with van der Waals surface area (Å²) in [4.78, 5) is 28.2. The van der Waals surface area contributed by atoms with E-state index in [4.69, 9.17) is 5.73 Å². The van der Waals surface area contributed by atoms with Gasteiger partial charge in [0.05, 0.1) is 0 Å². The fourth-order valence-corrected chi connectivity index (χ4v) is 6.12. The van der Waals surface area contributed by atoms with Crippen molar-refractivity contribution in [2.24, 2.45) is 11.7 Å². The van der Waals surface area contributed by atoms with Gasteiger partial charge < -0.3 is 16.0 Å². The Morgan fingerprint density at radius 1 is 0.886 bits per heavy atom. The van der Waals surface area contributed by atoms with Gasteiger partial charge in [0.2, 0.25) is 11.8 Å². The van der Waals surface area contributed by atoms with Crippen molar-refractivity contribution in [1.82, 2.24) is 10.2 Å². The zero-order valence-corrected chi connectivity index (χ0v) is 20.5. The van der Waals surface area contributed by atoms with Crippen molar-refractivity contribution in [2.45, 2.75) is 69.4 Å². The van der Waals surface area contributed by atoms with E-state index in [1.807, 2.05) is 4.90 Å². The van der Waals surface area contributed by atoms with Gasteiger partial charge in [-0.15, -0.1) is 0 Å². The number of nitrogens with two attached hydrogens (primary N) is 1. The van der Waals surface area contributed by atoms with Crippen LogP contribution in [0.15, 0.2) is 48.5 Å². The highest BCUT2D eigenvalue weighted by atomic mass is 16.2. The molecule has 2 aromatic rings. The van der Waals surface area contributed by atoms with Crippen LogP contribution in [0.2, 0.25) is 0 Å². The third-order valence-electron chi connectivity index (χ3n) is 8.16. The van der Waals surface area contributed by atoms with E-state index < -0.39 is 0 Å². The van der Waals surface area contributed by atoms with Crippen LogP contribution in [-0.4, -0.2) is 41.9 Å². The number of fused-ring (bicyclic) bond motifs is 2. The molecule has 2 aliphatic carbocycles. The zero-order valence-electron chi connectivity index (χ0n) is 20.5. The molecule has 1 saturated heterocycles. The van der Waals surface area contributed by atoms with Gasteiger partial charge >= 0.3 is 0 Å². The van der Waals surface area contributed by atoms with E-state index in [0.717, 1.165) is 44.9 Å². The molecule has 5 heteroatoms. The van der Waals surface area contributed by atoms with Gasteiger partial charge in [-0.3, -0.25) is 9.59 Å². The number of rotatable bonds is 6. The van der Waals surface area contributed by atoms with E-state index in [9.17, 15) is 9.59 Å². The van der Waals surface area contributed by atoms with Gasteiger partial charge in [-0.05, 0) is 73.1 Å². The molecular formula is C30H37N3O2. The molecule has 0 aromatic heterocycles. The molecule has 2 aromatic carbocycles. The van der Waals surface area contributed by atoms with Crippen LogP contribution in [0, 0.1) is 5.92 Å². The molecule has 5 nitrogen and oxygen atoms in total. The number of benzene rings is 2. The van der Waals surface area contributed by atoms with Crippen LogP contribution in [0.3, 0.4) is 0 Å². The fourth-order valence-electron chi connectivity index (χ4n) is 6.12. The lowest BCUT2D eigenvalue weighted by atomic mass is 9.84. The topological polar surface area (TPSA) is 75.4 Å². The van der Waals surface area contributed by atoms with Crippen LogP contribution < -0.4 is 11.1 Å². The van der Waals surface area contributed by atoms with Gasteiger partial charge in [-0.1, -0.05) is 60.7 Å². The largest absolute Gasteiger partial charge is 0.354 e. The lowest BCUT2D eigenvalue weighted by Gasteiger charge is -2.28. The summed E-state index contributed by atoms with van der Waals surface area (Å²) in [6, 6.07) is 16.9. The van der Waals surface area contributed by atoms with Crippen LogP contribution in [0.5, 0.6) is 0 Å². The first-order chi connectivity index (χ1) is 17.1. The number of amides is 2. The van der Waals surface area contributed by atoms with Crippen molar-refractivity contribution >= 4 is 24.0 Å². The minimum atomic E-state index is -0.330. The maximum Gasteiger partial charge on any atom is 0.242 e. The molecule has 2 fully saturated rings. The molecule has 5 rings (SSSR count). The summed E-state index contributed by atoms with van der Waals surface area (Å²) in [6.07, 6.45) is 11.4. The van der Waals surface area contributed by atoms with E-state index in [2.05, 4.69) is 66.0 Å². The fraction of sp³-hybridized carbons (Fsp3) is 0.467. The summed E-state index contributed by atoms with van der Waals surface area (Å²) in [5.41, 5.74) is 11.0. The number of hydrogen-bond acceptors (Lipinski definition) is 3. The second kappa shape index (κ2) is 10.8. The molecule has 184 valence electrons. The molecule has 1 aliphatic heterocycles. The van der Waals surface area contributed by atoms with Crippen molar-refractivity contribution in [3.63, 3.8) is 0 Å². The Kier molecular flexibility index (Phi) is 7.33. The molecule has 1 heterocycles. The first-order valence-corrected chi connectivity index (χ1v) is 13.3. The van der Waals surface area contributed by atoms with Crippen LogP contribution in [0.1, 0.15) is 79.5 Å². The molecule has 0 spiro atoms. The Morgan fingerprint density at radius 2 is 1.51 bits per heavy atom. The van der Waals surface area contributed by atoms with Crippen LogP contribution in [-0.2, 0) is 9.59 Å². The SMILES string of the molecule is N[C@H]1CC[C@H](CNC(=O)[C@@H]2CCCN2C(=O)CCC2c3ccccc3C=Cc3ccccc32)CC1. The molecule has 0 radical (unpaired) electrons. The van der Waals surface area contributed by atoms with Gasteiger partial charge in [0, 0.05) is 31.5 Å². The summed E-state index contributed by atoms with van der Waals surface area (Å²) in [5.74, 6) is 0.778. The number of nitrogens with one attached hydrogen (secondary N) is 1. The van der Waals surface area contributed by atoms with Crippen LogP contribution in [0.4, 0.5) is 0 Å². The zero-order chi connectivity index (χ0) is 24.2. The Hall–Kier alpha value is -2.92. The Bertz CT molecular complexity index is 1040. The standard InChI is InChI=1S/C30H37N3O2/c31-24-15-11-21(12-16-24)20-32-30(35)28-10-5-19-33(28)29(34)18-17-27-25-8-3-1-6-22(25)13-14-23-7-2-4-9-26(23)27/h1-4,6-9,13-14,21,24,27-28H,5,10-12,15-20,31H2,(H,32,35)/t21-,24-,28-/m0/s1. The van der Waals surface area contributed by atoms with Crippen molar-refractivity contribution in [3.05, 3.63) is 70.8 Å².